The topological polar surface area (TPSA) is 30.2 Å². The Labute approximate surface area is 132 Å². The number of halogens is 1. The van der Waals surface area contributed by atoms with Gasteiger partial charge in [-0.25, -0.2) is 0 Å². The first kappa shape index (κ1) is 14.2. The second kappa shape index (κ2) is 6.37. The van der Waals surface area contributed by atoms with Gasteiger partial charge in [0.15, 0.2) is 5.78 Å². The van der Waals surface area contributed by atoms with Crippen LogP contribution in [0, 0.1) is 0 Å². The normalized spacial score (nSPS) is 10.9. The quantitative estimate of drug-likeness (QED) is 0.606. The van der Waals surface area contributed by atoms with E-state index in [2.05, 4.69) is 0 Å². The van der Waals surface area contributed by atoms with Crippen LogP contribution in [0.4, 0.5) is 0 Å². The fourth-order valence-electron chi connectivity index (χ4n) is 2.14. The lowest BCUT2D eigenvalue weighted by atomic mass is 10.1. The standard InChI is InChI=1S/C17H13ClO2S/c18-15-7-3-1-5-12(15)10-21-11-16(19)14-9-20-17-8-4-2-6-13(14)17/h1-9H,10-11H2. The number of rotatable bonds is 5. The molecule has 0 fully saturated rings. The maximum absolute atomic E-state index is 12.3. The molecule has 1 aromatic heterocycles. The number of carbonyl (C=O) groups is 1. The van der Waals surface area contributed by atoms with E-state index < -0.39 is 0 Å². The number of carbonyl (C=O) groups excluding carboxylic acids is 1. The van der Waals surface area contributed by atoms with E-state index in [0.717, 1.165) is 27.3 Å². The molecule has 0 unspecified atom stereocenters. The van der Waals surface area contributed by atoms with Gasteiger partial charge in [0.2, 0.25) is 0 Å². The molecule has 0 bridgehead atoms. The summed E-state index contributed by atoms with van der Waals surface area (Å²) in [6.45, 7) is 0. The molecular weight excluding hydrogens is 304 g/mol. The van der Waals surface area contributed by atoms with Gasteiger partial charge in [0.05, 0.1) is 11.3 Å². The lowest BCUT2D eigenvalue weighted by Crippen LogP contribution is -2.01. The van der Waals surface area contributed by atoms with Crippen LogP contribution in [0.2, 0.25) is 5.02 Å². The molecule has 1 heterocycles. The number of hydrogen-bond acceptors (Lipinski definition) is 3. The van der Waals surface area contributed by atoms with Crippen LogP contribution >= 0.6 is 23.4 Å². The van der Waals surface area contributed by atoms with Gasteiger partial charge in [0, 0.05) is 16.2 Å². The number of para-hydroxylation sites is 1. The van der Waals surface area contributed by atoms with Crippen LogP contribution in [-0.2, 0) is 5.75 Å². The molecule has 2 aromatic carbocycles. The molecule has 0 amide bonds. The first-order valence-electron chi connectivity index (χ1n) is 6.56. The van der Waals surface area contributed by atoms with E-state index in [9.17, 15) is 4.79 Å². The molecule has 4 heteroatoms. The summed E-state index contributed by atoms with van der Waals surface area (Å²) in [5.41, 5.74) is 2.45. The Hall–Kier alpha value is -1.71. The Morgan fingerprint density at radius 2 is 1.86 bits per heavy atom. The van der Waals surface area contributed by atoms with E-state index in [4.69, 9.17) is 16.0 Å². The van der Waals surface area contributed by atoms with Crippen LogP contribution in [-0.4, -0.2) is 11.5 Å². The number of benzene rings is 2. The minimum Gasteiger partial charge on any atom is -0.464 e. The molecule has 0 N–H and O–H groups in total. The molecule has 0 aliphatic heterocycles. The lowest BCUT2D eigenvalue weighted by Gasteiger charge is -2.03. The predicted molar refractivity (Wildman–Crippen MR) is 88.2 cm³/mol. The highest BCUT2D eigenvalue weighted by Crippen LogP contribution is 2.24. The second-order valence-electron chi connectivity index (χ2n) is 4.65. The predicted octanol–water partition coefficient (Wildman–Crippen LogP) is 5.20. The molecule has 106 valence electrons. The van der Waals surface area contributed by atoms with Crippen LogP contribution in [0.25, 0.3) is 11.0 Å². The van der Waals surface area contributed by atoms with Gasteiger partial charge >= 0.3 is 0 Å². The molecule has 3 aromatic rings. The van der Waals surface area contributed by atoms with Gasteiger partial charge in [-0.1, -0.05) is 48.0 Å². The second-order valence-corrected chi connectivity index (χ2v) is 6.05. The molecule has 3 rings (SSSR count). The van der Waals surface area contributed by atoms with Gasteiger partial charge in [0.25, 0.3) is 0 Å². The minimum atomic E-state index is 0.0806. The maximum Gasteiger partial charge on any atom is 0.176 e. The summed E-state index contributed by atoms with van der Waals surface area (Å²) in [4.78, 5) is 12.3. The third-order valence-corrected chi connectivity index (χ3v) is 4.58. The highest BCUT2D eigenvalue weighted by atomic mass is 35.5. The molecular formula is C17H13ClO2S. The van der Waals surface area contributed by atoms with E-state index in [1.807, 2.05) is 48.5 Å². The van der Waals surface area contributed by atoms with Crippen LogP contribution in [0.15, 0.2) is 59.2 Å². The molecule has 0 saturated heterocycles. The molecule has 0 aliphatic carbocycles. The number of Topliss-reactive ketones (excluding diaryl/α,β-unsaturated/α-hetero) is 1. The molecule has 0 radical (unpaired) electrons. The van der Waals surface area contributed by atoms with Crippen LogP contribution in [0.5, 0.6) is 0 Å². The zero-order valence-corrected chi connectivity index (χ0v) is 12.8. The third-order valence-electron chi connectivity index (χ3n) is 3.23. The summed E-state index contributed by atoms with van der Waals surface area (Å²) < 4.78 is 5.40. The Kier molecular flexibility index (Phi) is 4.32. The van der Waals surface area contributed by atoms with Crippen molar-refractivity contribution in [2.24, 2.45) is 0 Å². The molecule has 0 aliphatic rings. The summed E-state index contributed by atoms with van der Waals surface area (Å²) in [5, 5.41) is 1.62. The van der Waals surface area contributed by atoms with E-state index >= 15 is 0 Å². The van der Waals surface area contributed by atoms with E-state index in [-0.39, 0.29) is 5.78 Å². The zero-order valence-electron chi connectivity index (χ0n) is 11.2. The number of furan rings is 1. The molecule has 0 atom stereocenters. The van der Waals surface area contributed by atoms with Crippen molar-refractivity contribution >= 4 is 40.1 Å². The average molecular weight is 317 g/mol. The molecule has 21 heavy (non-hydrogen) atoms. The smallest absolute Gasteiger partial charge is 0.176 e. The summed E-state index contributed by atoms with van der Waals surface area (Å²) >= 11 is 7.66. The van der Waals surface area contributed by atoms with Gasteiger partial charge in [-0.3, -0.25) is 4.79 Å². The lowest BCUT2D eigenvalue weighted by molar-refractivity contribution is 0.102. The van der Waals surface area contributed by atoms with Crippen molar-refractivity contribution in [1.29, 1.82) is 0 Å². The summed E-state index contributed by atoms with van der Waals surface area (Å²) in [5.74, 6) is 1.22. The first-order valence-corrected chi connectivity index (χ1v) is 8.09. The Balaban J connectivity index is 1.66. The molecule has 0 spiro atoms. The van der Waals surface area contributed by atoms with Crippen molar-refractivity contribution < 1.29 is 9.21 Å². The highest BCUT2D eigenvalue weighted by Gasteiger charge is 2.13. The fourth-order valence-corrected chi connectivity index (χ4v) is 3.34. The van der Waals surface area contributed by atoms with Crippen LogP contribution < -0.4 is 0 Å². The van der Waals surface area contributed by atoms with Crippen molar-refractivity contribution in [1.82, 2.24) is 0 Å². The highest BCUT2D eigenvalue weighted by molar-refractivity contribution is 7.99. The van der Waals surface area contributed by atoms with Crippen molar-refractivity contribution in [2.45, 2.75) is 5.75 Å². The van der Waals surface area contributed by atoms with Crippen molar-refractivity contribution in [3.8, 4) is 0 Å². The first-order chi connectivity index (χ1) is 10.3. The van der Waals surface area contributed by atoms with E-state index in [1.54, 1.807) is 18.0 Å². The van der Waals surface area contributed by atoms with Gasteiger partial charge in [-0.05, 0) is 17.7 Å². The van der Waals surface area contributed by atoms with Gasteiger partial charge in [0.1, 0.15) is 11.8 Å². The number of fused-ring (bicyclic) bond motifs is 1. The van der Waals surface area contributed by atoms with E-state index in [1.165, 1.54) is 0 Å². The Morgan fingerprint density at radius 3 is 2.71 bits per heavy atom. The van der Waals surface area contributed by atoms with E-state index in [0.29, 0.717) is 11.3 Å². The number of hydrogen-bond donors (Lipinski definition) is 0. The van der Waals surface area contributed by atoms with Crippen molar-refractivity contribution in [3.63, 3.8) is 0 Å². The monoisotopic (exact) mass is 316 g/mol. The minimum absolute atomic E-state index is 0.0806. The fraction of sp³-hybridized carbons (Fsp3) is 0.118. The maximum atomic E-state index is 12.3. The number of ketones is 1. The molecule has 0 saturated carbocycles. The van der Waals surface area contributed by atoms with Crippen LogP contribution in [0.3, 0.4) is 0 Å². The Bertz CT molecular complexity index is 779. The third kappa shape index (κ3) is 3.14. The van der Waals surface area contributed by atoms with Crippen molar-refractivity contribution in [3.05, 3.63) is 70.9 Å². The van der Waals surface area contributed by atoms with Gasteiger partial charge < -0.3 is 4.42 Å². The SMILES string of the molecule is O=C(CSCc1ccccc1Cl)c1coc2ccccc12. The summed E-state index contributed by atoms with van der Waals surface area (Å²) in [6, 6.07) is 15.3. The largest absolute Gasteiger partial charge is 0.464 e. The molecule has 2 nitrogen and oxygen atoms in total. The Morgan fingerprint density at radius 1 is 1.10 bits per heavy atom. The summed E-state index contributed by atoms with van der Waals surface area (Å²) in [7, 11) is 0. The van der Waals surface area contributed by atoms with Crippen molar-refractivity contribution in [2.75, 3.05) is 5.75 Å². The van der Waals surface area contributed by atoms with Gasteiger partial charge in [-0.2, -0.15) is 0 Å². The number of thioether (sulfide) groups is 1. The zero-order chi connectivity index (χ0) is 14.7. The average Bonchev–Trinajstić information content (AvgIpc) is 2.93. The van der Waals surface area contributed by atoms with Crippen LogP contribution in [0.1, 0.15) is 15.9 Å². The van der Waals surface area contributed by atoms with Gasteiger partial charge in [-0.15, -0.1) is 11.8 Å². The summed E-state index contributed by atoms with van der Waals surface area (Å²) in [6.07, 6.45) is 1.54.